The number of nitrogens with zero attached hydrogens (tertiary/aromatic N) is 1. The predicted octanol–water partition coefficient (Wildman–Crippen LogP) is 5.44. The summed E-state index contributed by atoms with van der Waals surface area (Å²) < 4.78 is 6.07. The quantitative estimate of drug-likeness (QED) is 0.622. The standard InChI is InChI=1S/C21H25BrN2O2S/c1-2-26-21(25)23-20(27)18-11-8-16(14-15-6-9-17(22)10-7-15)19(18)24-12-4-3-5-13-24/h6-7,9-10,14H,2-5,8,11-13H2,1H3,(H,23,25,27). The predicted molar refractivity (Wildman–Crippen MR) is 117 cm³/mol. The number of likely N-dealkylation sites (tertiary alicyclic amines) is 1. The maximum Gasteiger partial charge on any atom is 0.412 e. The molecule has 0 radical (unpaired) electrons. The van der Waals surface area contributed by atoms with Crippen molar-refractivity contribution in [2.45, 2.75) is 39.0 Å². The summed E-state index contributed by atoms with van der Waals surface area (Å²) in [6.45, 7) is 4.20. The fraction of sp³-hybridized carbons (Fsp3) is 0.429. The lowest BCUT2D eigenvalue weighted by molar-refractivity contribution is 0.158. The third-order valence-electron chi connectivity index (χ3n) is 4.88. The van der Waals surface area contributed by atoms with Gasteiger partial charge in [0.15, 0.2) is 0 Å². The van der Waals surface area contributed by atoms with Crippen LogP contribution in [-0.2, 0) is 4.74 Å². The summed E-state index contributed by atoms with van der Waals surface area (Å²) in [5.41, 5.74) is 4.73. The van der Waals surface area contributed by atoms with E-state index in [0.717, 1.165) is 36.0 Å². The van der Waals surface area contributed by atoms with Gasteiger partial charge in [-0.2, -0.15) is 0 Å². The van der Waals surface area contributed by atoms with E-state index in [-0.39, 0.29) is 0 Å². The van der Waals surface area contributed by atoms with Gasteiger partial charge in [0.1, 0.15) is 4.99 Å². The van der Waals surface area contributed by atoms with Crippen molar-refractivity contribution in [3.63, 3.8) is 0 Å². The summed E-state index contributed by atoms with van der Waals surface area (Å²) in [5.74, 6) is 0. The molecule has 2 aliphatic rings. The number of carbonyl (C=O) groups is 1. The number of hydrogen-bond donors (Lipinski definition) is 1. The highest BCUT2D eigenvalue weighted by Crippen LogP contribution is 2.37. The van der Waals surface area contributed by atoms with Crippen LogP contribution in [0.5, 0.6) is 0 Å². The van der Waals surface area contributed by atoms with Crippen molar-refractivity contribution in [3.05, 3.63) is 51.1 Å². The Bertz CT molecular complexity index is 765. The molecule has 144 valence electrons. The van der Waals surface area contributed by atoms with Gasteiger partial charge < -0.3 is 9.64 Å². The molecule has 6 heteroatoms. The Morgan fingerprint density at radius 1 is 1.22 bits per heavy atom. The van der Waals surface area contributed by atoms with Gasteiger partial charge in [-0.25, -0.2) is 4.79 Å². The van der Waals surface area contributed by atoms with Crippen LogP contribution in [0.2, 0.25) is 0 Å². The topological polar surface area (TPSA) is 41.6 Å². The maximum atomic E-state index is 11.8. The zero-order chi connectivity index (χ0) is 19.2. The molecule has 1 aromatic carbocycles. The van der Waals surface area contributed by atoms with Crippen LogP contribution in [0.25, 0.3) is 6.08 Å². The largest absolute Gasteiger partial charge is 0.450 e. The van der Waals surface area contributed by atoms with Crippen molar-refractivity contribution in [1.29, 1.82) is 0 Å². The molecule has 1 amide bonds. The molecular formula is C21H25BrN2O2S. The van der Waals surface area contributed by atoms with E-state index in [9.17, 15) is 4.79 Å². The lowest BCUT2D eigenvalue weighted by atomic mass is 10.0. The molecule has 1 aliphatic carbocycles. The fourth-order valence-electron chi connectivity index (χ4n) is 3.66. The molecule has 0 spiro atoms. The molecule has 1 aliphatic heterocycles. The molecule has 0 saturated carbocycles. The molecule has 1 heterocycles. The number of benzene rings is 1. The van der Waals surface area contributed by atoms with E-state index in [2.05, 4.69) is 56.5 Å². The van der Waals surface area contributed by atoms with Crippen LogP contribution in [0.4, 0.5) is 4.79 Å². The van der Waals surface area contributed by atoms with Gasteiger partial charge in [-0.15, -0.1) is 0 Å². The van der Waals surface area contributed by atoms with Gasteiger partial charge in [-0.05, 0) is 68.4 Å². The van der Waals surface area contributed by atoms with Gasteiger partial charge >= 0.3 is 6.09 Å². The van der Waals surface area contributed by atoms with Crippen LogP contribution in [-0.4, -0.2) is 35.7 Å². The Morgan fingerprint density at radius 2 is 1.93 bits per heavy atom. The van der Waals surface area contributed by atoms with E-state index in [1.807, 2.05) is 0 Å². The number of piperidine rings is 1. The van der Waals surface area contributed by atoms with Crippen LogP contribution in [0.1, 0.15) is 44.6 Å². The van der Waals surface area contributed by atoms with Crippen molar-refractivity contribution in [3.8, 4) is 0 Å². The summed E-state index contributed by atoms with van der Waals surface area (Å²) in [6.07, 6.45) is 7.22. The minimum absolute atomic E-state index is 0.335. The highest BCUT2D eigenvalue weighted by Gasteiger charge is 2.28. The highest BCUT2D eigenvalue weighted by molar-refractivity contribution is 9.10. The van der Waals surface area contributed by atoms with E-state index in [1.165, 1.54) is 36.1 Å². The average molecular weight is 449 g/mol. The first-order valence-electron chi connectivity index (χ1n) is 9.51. The van der Waals surface area contributed by atoms with Gasteiger partial charge in [-0.3, -0.25) is 5.32 Å². The summed E-state index contributed by atoms with van der Waals surface area (Å²) in [4.78, 5) is 14.8. The Hall–Kier alpha value is -1.66. The van der Waals surface area contributed by atoms with Gasteiger partial charge in [0.25, 0.3) is 0 Å². The van der Waals surface area contributed by atoms with Crippen LogP contribution in [0.15, 0.2) is 45.6 Å². The number of halogens is 1. The average Bonchev–Trinajstić information content (AvgIpc) is 3.08. The van der Waals surface area contributed by atoms with Crippen LogP contribution < -0.4 is 5.32 Å². The first-order valence-corrected chi connectivity index (χ1v) is 10.7. The number of nitrogens with one attached hydrogen (secondary N) is 1. The van der Waals surface area contributed by atoms with E-state index < -0.39 is 6.09 Å². The normalized spacial score (nSPS) is 18.7. The molecule has 0 atom stereocenters. The Balaban J connectivity index is 1.91. The van der Waals surface area contributed by atoms with Crippen LogP contribution in [0, 0.1) is 0 Å². The van der Waals surface area contributed by atoms with Gasteiger partial charge in [0.2, 0.25) is 0 Å². The summed E-state index contributed by atoms with van der Waals surface area (Å²) in [5, 5.41) is 2.74. The molecule has 1 aromatic rings. The Labute approximate surface area is 174 Å². The van der Waals surface area contributed by atoms with E-state index >= 15 is 0 Å². The number of carbonyl (C=O) groups excluding carboxylic acids is 1. The third-order valence-corrected chi connectivity index (χ3v) is 5.76. The summed E-state index contributed by atoms with van der Waals surface area (Å²) >= 11 is 9.04. The number of allylic oxidation sites excluding steroid dienone is 1. The third kappa shape index (κ3) is 5.20. The number of ether oxygens (including phenoxy) is 1. The zero-order valence-corrected chi connectivity index (χ0v) is 18.0. The zero-order valence-electron chi connectivity index (χ0n) is 15.6. The second-order valence-corrected chi connectivity index (χ2v) is 8.09. The SMILES string of the molecule is CCOC(=O)NC(=S)C1=C(N2CCCCC2)C(=Cc2ccc(Br)cc2)CC1. The Morgan fingerprint density at radius 3 is 2.59 bits per heavy atom. The number of rotatable bonds is 4. The monoisotopic (exact) mass is 448 g/mol. The molecule has 4 nitrogen and oxygen atoms in total. The first-order chi connectivity index (χ1) is 13.1. The number of amides is 1. The molecule has 1 N–H and O–H groups in total. The number of alkyl carbamates (subject to hydrolysis) is 1. The van der Waals surface area contributed by atoms with Gasteiger partial charge in [0, 0.05) is 28.8 Å². The number of thiocarbonyl (C=S) groups is 1. The van der Waals surface area contributed by atoms with E-state index in [0.29, 0.717) is 11.6 Å². The van der Waals surface area contributed by atoms with Crippen molar-refractivity contribution < 1.29 is 9.53 Å². The van der Waals surface area contributed by atoms with E-state index in [4.69, 9.17) is 17.0 Å². The van der Waals surface area contributed by atoms with Crippen molar-refractivity contribution in [2.75, 3.05) is 19.7 Å². The van der Waals surface area contributed by atoms with Crippen molar-refractivity contribution >= 4 is 45.3 Å². The molecule has 27 heavy (non-hydrogen) atoms. The first kappa shape index (κ1) is 20.1. The smallest absolute Gasteiger partial charge is 0.412 e. The minimum atomic E-state index is -0.474. The molecular weight excluding hydrogens is 424 g/mol. The number of hydrogen-bond acceptors (Lipinski definition) is 4. The molecule has 3 rings (SSSR count). The van der Waals surface area contributed by atoms with Crippen molar-refractivity contribution in [2.24, 2.45) is 0 Å². The van der Waals surface area contributed by atoms with Crippen molar-refractivity contribution in [1.82, 2.24) is 10.2 Å². The molecule has 1 fully saturated rings. The van der Waals surface area contributed by atoms with Gasteiger partial charge in [-0.1, -0.05) is 40.3 Å². The molecule has 1 saturated heterocycles. The fourth-order valence-corrected chi connectivity index (χ4v) is 4.21. The Kier molecular flexibility index (Phi) is 7.07. The molecule has 0 aromatic heterocycles. The lowest BCUT2D eigenvalue weighted by Gasteiger charge is -2.32. The van der Waals surface area contributed by atoms with Crippen LogP contribution in [0.3, 0.4) is 0 Å². The second-order valence-electron chi connectivity index (χ2n) is 6.77. The van der Waals surface area contributed by atoms with Crippen LogP contribution >= 0.6 is 28.1 Å². The van der Waals surface area contributed by atoms with Gasteiger partial charge in [0.05, 0.1) is 6.61 Å². The maximum absolute atomic E-state index is 11.8. The summed E-state index contributed by atoms with van der Waals surface area (Å²) in [7, 11) is 0. The molecule has 0 unspecified atom stereocenters. The summed E-state index contributed by atoms with van der Waals surface area (Å²) in [6, 6.07) is 8.33. The van der Waals surface area contributed by atoms with E-state index in [1.54, 1.807) is 6.92 Å². The lowest BCUT2D eigenvalue weighted by Crippen LogP contribution is -2.34. The highest BCUT2D eigenvalue weighted by atomic mass is 79.9. The molecule has 0 bridgehead atoms. The second kappa shape index (κ2) is 9.51. The minimum Gasteiger partial charge on any atom is -0.450 e.